The molecular weight excluding hydrogens is 200 g/mol. The normalized spacial score (nSPS) is 9.29. The zero-order valence-electron chi connectivity index (χ0n) is 9.17. The molecule has 0 N–H and O–H groups in total. The highest BCUT2D eigenvalue weighted by Crippen LogP contribution is 2.06. The van der Waals surface area contributed by atoms with Crippen molar-refractivity contribution in [2.24, 2.45) is 0 Å². The van der Waals surface area contributed by atoms with E-state index in [9.17, 15) is 9.59 Å². The Morgan fingerprint density at radius 3 is 2.07 bits per heavy atom. The van der Waals surface area contributed by atoms with Gasteiger partial charge in [-0.25, -0.2) is 0 Å². The number of ketones is 2. The highest BCUT2D eigenvalue weighted by molar-refractivity contribution is 5.97. The predicted molar refractivity (Wildman–Crippen MR) is 60.9 cm³/mol. The van der Waals surface area contributed by atoms with Gasteiger partial charge in [-0.1, -0.05) is 32.6 Å². The monoisotopic (exact) mass is 220 g/mol. The van der Waals surface area contributed by atoms with E-state index in [1.54, 1.807) is 0 Å². The lowest BCUT2D eigenvalue weighted by molar-refractivity contribution is -0.125. The Hall–Kier alpha value is -0.370. The standard InChI is InChI=1S/C11H20O2.ClH/c1-3-4-5-6-7-8-11(13)9-10(2)12;/h3-9H2,1-2H3;1H. The van der Waals surface area contributed by atoms with Crippen LogP contribution in [0, 0.1) is 0 Å². The molecule has 0 heterocycles. The van der Waals surface area contributed by atoms with E-state index in [4.69, 9.17) is 0 Å². The number of hydrogen-bond donors (Lipinski definition) is 0. The molecule has 0 aromatic rings. The van der Waals surface area contributed by atoms with Gasteiger partial charge < -0.3 is 0 Å². The van der Waals surface area contributed by atoms with Crippen LogP contribution in [-0.2, 0) is 9.59 Å². The summed E-state index contributed by atoms with van der Waals surface area (Å²) in [6.07, 6.45) is 6.48. The molecule has 0 aliphatic carbocycles. The van der Waals surface area contributed by atoms with Crippen molar-refractivity contribution in [1.82, 2.24) is 0 Å². The molecule has 84 valence electrons. The van der Waals surface area contributed by atoms with Crippen LogP contribution in [0.2, 0.25) is 0 Å². The summed E-state index contributed by atoms with van der Waals surface area (Å²) in [6, 6.07) is 0. The lowest BCUT2D eigenvalue weighted by Gasteiger charge is -1.98. The van der Waals surface area contributed by atoms with E-state index in [1.807, 2.05) is 0 Å². The van der Waals surface area contributed by atoms with Gasteiger partial charge in [-0.05, 0) is 13.3 Å². The van der Waals surface area contributed by atoms with Crippen LogP contribution in [0.5, 0.6) is 0 Å². The second-order valence-corrected chi connectivity index (χ2v) is 3.58. The molecule has 0 rings (SSSR count). The van der Waals surface area contributed by atoms with Gasteiger partial charge >= 0.3 is 0 Å². The highest BCUT2D eigenvalue weighted by atomic mass is 35.5. The average molecular weight is 221 g/mol. The van der Waals surface area contributed by atoms with Gasteiger partial charge in [0.15, 0.2) is 0 Å². The maximum Gasteiger partial charge on any atom is 0.140 e. The first-order valence-corrected chi connectivity index (χ1v) is 5.18. The van der Waals surface area contributed by atoms with Gasteiger partial charge in [0.2, 0.25) is 0 Å². The van der Waals surface area contributed by atoms with E-state index in [-0.39, 0.29) is 30.4 Å². The van der Waals surface area contributed by atoms with E-state index in [1.165, 1.54) is 26.2 Å². The molecule has 2 nitrogen and oxygen atoms in total. The number of hydrogen-bond acceptors (Lipinski definition) is 2. The quantitative estimate of drug-likeness (QED) is 0.465. The lowest BCUT2D eigenvalue weighted by atomic mass is 10.1. The molecule has 0 bridgehead atoms. The van der Waals surface area contributed by atoms with Crippen LogP contribution in [0.4, 0.5) is 0 Å². The zero-order valence-corrected chi connectivity index (χ0v) is 9.99. The number of rotatable bonds is 8. The van der Waals surface area contributed by atoms with Crippen LogP contribution in [-0.4, -0.2) is 11.6 Å². The first-order chi connectivity index (χ1) is 6.16. The molecule has 0 atom stereocenters. The fourth-order valence-electron chi connectivity index (χ4n) is 1.29. The fraction of sp³-hybridized carbons (Fsp3) is 0.818. The minimum Gasteiger partial charge on any atom is -0.300 e. The smallest absolute Gasteiger partial charge is 0.140 e. The van der Waals surface area contributed by atoms with Gasteiger partial charge in [0.1, 0.15) is 11.6 Å². The Labute approximate surface area is 92.9 Å². The van der Waals surface area contributed by atoms with Gasteiger partial charge in [-0.15, -0.1) is 12.4 Å². The minimum atomic E-state index is -0.0152. The van der Waals surface area contributed by atoms with Gasteiger partial charge in [0.25, 0.3) is 0 Å². The van der Waals surface area contributed by atoms with Crippen molar-refractivity contribution in [2.45, 2.75) is 58.8 Å². The van der Waals surface area contributed by atoms with Crippen molar-refractivity contribution in [3.8, 4) is 0 Å². The van der Waals surface area contributed by atoms with E-state index >= 15 is 0 Å². The molecule has 3 heteroatoms. The van der Waals surface area contributed by atoms with Crippen LogP contribution < -0.4 is 0 Å². The Kier molecular flexibility index (Phi) is 12.3. The summed E-state index contributed by atoms with van der Waals surface area (Å²) < 4.78 is 0. The maximum atomic E-state index is 11.1. The molecule has 0 aromatic carbocycles. The summed E-state index contributed by atoms with van der Waals surface area (Å²) in [6.45, 7) is 3.63. The second kappa shape index (κ2) is 10.7. The molecule has 0 spiro atoms. The van der Waals surface area contributed by atoms with Crippen molar-refractivity contribution >= 4 is 24.0 Å². The molecular formula is C11H21ClO2. The van der Waals surface area contributed by atoms with Gasteiger partial charge in [0, 0.05) is 6.42 Å². The van der Waals surface area contributed by atoms with Crippen LogP contribution in [0.1, 0.15) is 58.8 Å². The van der Waals surface area contributed by atoms with E-state index in [2.05, 4.69) is 6.92 Å². The summed E-state index contributed by atoms with van der Waals surface area (Å²) in [7, 11) is 0. The van der Waals surface area contributed by atoms with Crippen molar-refractivity contribution < 1.29 is 9.59 Å². The molecule has 0 radical (unpaired) electrons. The van der Waals surface area contributed by atoms with Gasteiger partial charge in [-0.2, -0.15) is 0 Å². The first kappa shape index (κ1) is 16.1. The van der Waals surface area contributed by atoms with Crippen LogP contribution >= 0.6 is 12.4 Å². The predicted octanol–water partition coefficient (Wildman–Crippen LogP) is 3.32. The van der Waals surface area contributed by atoms with E-state index < -0.39 is 0 Å². The average Bonchev–Trinajstić information content (AvgIpc) is 2.02. The number of carbonyl (C=O) groups is 2. The molecule has 0 fully saturated rings. The number of unbranched alkanes of at least 4 members (excludes halogenated alkanes) is 4. The number of Topliss-reactive ketones (excluding diaryl/α,β-unsaturated/α-hetero) is 2. The summed E-state index contributed by atoms with van der Waals surface area (Å²) in [5.74, 6) is 0.0857. The molecule has 14 heavy (non-hydrogen) atoms. The molecule has 0 saturated carbocycles. The Bertz CT molecular complexity index is 167. The summed E-state index contributed by atoms with van der Waals surface area (Å²) >= 11 is 0. The molecule has 0 aromatic heterocycles. The number of halogens is 1. The Balaban J connectivity index is 0. The van der Waals surface area contributed by atoms with Gasteiger partial charge in [0.05, 0.1) is 6.42 Å². The van der Waals surface area contributed by atoms with Crippen molar-refractivity contribution in [2.75, 3.05) is 0 Å². The Morgan fingerprint density at radius 1 is 1.00 bits per heavy atom. The SMILES string of the molecule is CCCCCCCC(=O)CC(C)=O.Cl. The lowest BCUT2D eigenvalue weighted by Crippen LogP contribution is -2.03. The first-order valence-electron chi connectivity index (χ1n) is 5.18. The minimum absolute atomic E-state index is 0. The second-order valence-electron chi connectivity index (χ2n) is 3.58. The molecule has 0 aliphatic rings. The molecule has 0 aliphatic heterocycles. The fourth-order valence-corrected chi connectivity index (χ4v) is 1.29. The van der Waals surface area contributed by atoms with Crippen LogP contribution in [0.15, 0.2) is 0 Å². The number of carbonyl (C=O) groups excluding carboxylic acids is 2. The third-order valence-corrected chi connectivity index (χ3v) is 2.01. The highest BCUT2D eigenvalue weighted by Gasteiger charge is 2.04. The summed E-state index contributed by atoms with van der Waals surface area (Å²) in [5, 5.41) is 0. The molecule has 0 amide bonds. The van der Waals surface area contributed by atoms with Crippen LogP contribution in [0.25, 0.3) is 0 Å². The van der Waals surface area contributed by atoms with E-state index in [0.29, 0.717) is 6.42 Å². The van der Waals surface area contributed by atoms with Crippen molar-refractivity contribution in [3.05, 3.63) is 0 Å². The van der Waals surface area contributed by atoms with Gasteiger partial charge in [-0.3, -0.25) is 9.59 Å². The van der Waals surface area contributed by atoms with Crippen LogP contribution in [0.3, 0.4) is 0 Å². The summed E-state index contributed by atoms with van der Waals surface area (Å²) in [4.78, 5) is 21.6. The third kappa shape index (κ3) is 11.6. The molecule has 0 unspecified atom stereocenters. The van der Waals surface area contributed by atoms with E-state index in [0.717, 1.165) is 12.8 Å². The third-order valence-electron chi connectivity index (χ3n) is 2.01. The summed E-state index contributed by atoms with van der Waals surface area (Å²) in [5.41, 5.74) is 0. The van der Waals surface area contributed by atoms with Crippen molar-refractivity contribution in [3.63, 3.8) is 0 Å². The maximum absolute atomic E-state index is 11.1. The zero-order chi connectivity index (χ0) is 10.1. The van der Waals surface area contributed by atoms with Crippen molar-refractivity contribution in [1.29, 1.82) is 0 Å². The Morgan fingerprint density at radius 2 is 1.57 bits per heavy atom. The largest absolute Gasteiger partial charge is 0.300 e. The topological polar surface area (TPSA) is 34.1 Å². The molecule has 0 saturated heterocycles.